The van der Waals surface area contributed by atoms with Crippen molar-refractivity contribution in [3.63, 3.8) is 0 Å². The van der Waals surface area contributed by atoms with E-state index < -0.39 is 9.52 Å². The van der Waals surface area contributed by atoms with E-state index in [0.29, 0.717) is 0 Å². The van der Waals surface area contributed by atoms with Gasteiger partial charge in [0.05, 0.1) is 9.52 Å². The Morgan fingerprint density at radius 2 is 1.57 bits per heavy atom. The van der Waals surface area contributed by atoms with Gasteiger partial charge in [-0.05, 0) is 37.8 Å². The molecule has 116 valence electrons. The van der Waals surface area contributed by atoms with Gasteiger partial charge in [0.25, 0.3) is 0 Å². The van der Waals surface area contributed by atoms with Crippen LogP contribution in [0.3, 0.4) is 0 Å². The molecule has 0 fully saturated rings. The van der Waals surface area contributed by atoms with E-state index >= 15 is 0 Å². The first-order chi connectivity index (χ1) is 9.75. The Hall–Kier alpha value is -0.243. The monoisotopic (exact) mass is 340 g/mol. The van der Waals surface area contributed by atoms with Gasteiger partial charge in [0.2, 0.25) is 0 Å². The molecule has 0 aromatic rings. The Morgan fingerprint density at radius 3 is 2.00 bits per heavy atom. The summed E-state index contributed by atoms with van der Waals surface area (Å²) in [5.74, 6) is 0. The van der Waals surface area contributed by atoms with Crippen LogP contribution >= 0.6 is 23.2 Å². The molecule has 0 atom stereocenters. The van der Waals surface area contributed by atoms with Crippen LogP contribution in [0.4, 0.5) is 0 Å². The first kappa shape index (κ1) is 17.1. The highest BCUT2D eigenvalue weighted by atomic mass is 35.5. The van der Waals surface area contributed by atoms with Crippen LogP contribution in [0.15, 0.2) is 42.7 Å². The largest absolute Gasteiger partial charge is 0.0885 e. The van der Waals surface area contributed by atoms with Crippen molar-refractivity contribution in [2.45, 2.75) is 60.8 Å². The first-order valence-corrected chi connectivity index (χ1v) is 10.1. The van der Waals surface area contributed by atoms with Crippen LogP contribution in [0.25, 0.3) is 0 Å². The average molecular weight is 341 g/mol. The van der Waals surface area contributed by atoms with Gasteiger partial charge in [-0.1, -0.05) is 72.4 Å². The zero-order valence-corrected chi connectivity index (χ0v) is 17.0. The predicted octanol–water partition coefficient (Wildman–Crippen LogP) is 5.95. The number of allylic oxidation sites excluding steroid dienone is 8. The SMILES string of the molecule is CCC1=C(Cl)CC([SiH2]C2=C(C)C(CC)=C(Cl)C2(C)C)=C1C. The molecule has 0 heterocycles. The fourth-order valence-electron chi connectivity index (χ4n) is 3.81. The molecule has 0 aromatic carbocycles. The molecule has 2 aliphatic rings. The third-order valence-electron chi connectivity index (χ3n) is 5.25. The molecule has 0 saturated heterocycles. The van der Waals surface area contributed by atoms with Crippen LogP contribution in [0, 0.1) is 5.41 Å². The van der Waals surface area contributed by atoms with E-state index in [1.165, 1.54) is 22.3 Å². The average Bonchev–Trinajstić information content (AvgIpc) is 2.77. The highest BCUT2D eigenvalue weighted by Crippen LogP contribution is 2.50. The molecule has 0 saturated carbocycles. The number of hydrogen-bond donors (Lipinski definition) is 0. The van der Waals surface area contributed by atoms with Crippen molar-refractivity contribution in [2.75, 3.05) is 0 Å². The lowest BCUT2D eigenvalue weighted by molar-refractivity contribution is 0.601. The standard InChI is InChI=1S/C18H26Cl2Si/c1-7-12-10(3)15(9-14(12)19)21-17-11(4)13(8-2)16(20)18(17,5)6/h7-9,21H2,1-6H3. The summed E-state index contributed by atoms with van der Waals surface area (Å²) >= 11 is 13.1. The summed E-state index contributed by atoms with van der Waals surface area (Å²) in [6.07, 6.45) is 3.06. The summed E-state index contributed by atoms with van der Waals surface area (Å²) in [6.45, 7) is 13.5. The maximum atomic E-state index is 6.67. The summed E-state index contributed by atoms with van der Waals surface area (Å²) in [6, 6.07) is 0. The molecule has 21 heavy (non-hydrogen) atoms. The molecule has 0 radical (unpaired) electrons. The van der Waals surface area contributed by atoms with E-state index in [9.17, 15) is 0 Å². The lowest BCUT2D eigenvalue weighted by atomic mass is 9.95. The van der Waals surface area contributed by atoms with Crippen molar-refractivity contribution in [3.05, 3.63) is 42.7 Å². The van der Waals surface area contributed by atoms with Crippen LogP contribution in [0.5, 0.6) is 0 Å². The summed E-state index contributed by atoms with van der Waals surface area (Å²) in [4.78, 5) is 0. The van der Waals surface area contributed by atoms with Crippen LogP contribution in [-0.2, 0) is 0 Å². The van der Waals surface area contributed by atoms with Gasteiger partial charge in [0, 0.05) is 21.9 Å². The Balaban J connectivity index is 2.35. The lowest BCUT2D eigenvalue weighted by Crippen LogP contribution is -2.19. The van der Waals surface area contributed by atoms with Gasteiger partial charge in [-0.15, -0.1) is 0 Å². The van der Waals surface area contributed by atoms with Gasteiger partial charge in [-0.3, -0.25) is 0 Å². The second-order valence-electron chi connectivity index (χ2n) is 6.69. The topological polar surface area (TPSA) is 0 Å². The molecule has 0 aliphatic heterocycles. The molecule has 0 N–H and O–H groups in total. The third-order valence-corrected chi connectivity index (χ3v) is 9.29. The van der Waals surface area contributed by atoms with Gasteiger partial charge in [0.1, 0.15) is 0 Å². The Kier molecular flexibility index (Phi) is 4.97. The smallest absolute Gasteiger partial charge is 0.0797 e. The van der Waals surface area contributed by atoms with Gasteiger partial charge in [0.15, 0.2) is 0 Å². The fourth-order valence-corrected chi connectivity index (χ4v) is 7.28. The van der Waals surface area contributed by atoms with Crippen molar-refractivity contribution in [1.29, 1.82) is 0 Å². The quantitative estimate of drug-likeness (QED) is 0.554. The zero-order valence-electron chi connectivity index (χ0n) is 14.1. The summed E-state index contributed by atoms with van der Waals surface area (Å²) in [5, 5.41) is 5.36. The van der Waals surface area contributed by atoms with E-state index in [4.69, 9.17) is 23.2 Å². The molecule has 0 amide bonds. The Morgan fingerprint density at radius 1 is 1.00 bits per heavy atom. The Bertz CT molecular complexity index is 601. The normalized spacial score (nSPS) is 22.9. The molecule has 0 spiro atoms. The van der Waals surface area contributed by atoms with Gasteiger partial charge >= 0.3 is 0 Å². The van der Waals surface area contributed by atoms with Crippen molar-refractivity contribution < 1.29 is 0 Å². The fraction of sp³-hybridized carbons (Fsp3) is 0.556. The molecule has 3 heteroatoms. The number of hydrogen-bond acceptors (Lipinski definition) is 0. The Labute approximate surface area is 141 Å². The van der Waals surface area contributed by atoms with Crippen LogP contribution < -0.4 is 0 Å². The van der Waals surface area contributed by atoms with Crippen LogP contribution in [0.2, 0.25) is 0 Å². The van der Waals surface area contributed by atoms with E-state index in [1.54, 1.807) is 10.4 Å². The summed E-state index contributed by atoms with van der Waals surface area (Å²) in [7, 11) is -0.474. The minimum absolute atomic E-state index is 0.0257. The minimum Gasteiger partial charge on any atom is -0.0885 e. The number of rotatable bonds is 4. The molecule has 2 aliphatic carbocycles. The molecule has 0 unspecified atom stereocenters. The maximum Gasteiger partial charge on any atom is 0.0797 e. The second-order valence-corrected chi connectivity index (χ2v) is 9.44. The number of halogens is 2. The van der Waals surface area contributed by atoms with E-state index in [2.05, 4.69) is 41.5 Å². The second kappa shape index (κ2) is 6.10. The van der Waals surface area contributed by atoms with E-state index in [-0.39, 0.29) is 5.41 Å². The van der Waals surface area contributed by atoms with E-state index in [1.807, 2.05) is 0 Å². The van der Waals surface area contributed by atoms with E-state index in [0.717, 1.165) is 29.3 Å². The van der Waals surface area contributed by atoms with Crippen molar-refractivity contribution in [3.8, 4) is 0 Å². The van der Waals surface area contributed by atoms with Crippen LogP contribution in [0.1, 0.15) is 60.8 Å². The minimum atomic E-state index is -0.474. The first-order valence-electron chi connectivity index (χ1n) is 7.91. The maximum absolute atomic E-state index is 6.67. The zero-order chi connectivity index (χ0) is 15.9. The van der Waals surface area contributed by atoms with Crippen molar-refractivity contribution in [2.24, 2.45) is 5.41 Å². The van der Waals surface area contributed by atoms with Crippen LogP contribution in [-0.4, -0.2) is 9.52 Å². The summed E-state index contributed by atoms with van der Waals surface area (Å²) < 4.78 is 0. The van der Waals surface area contributed by atoms with Crippen molar-refractivity contribution in [1.82, 2.24) is 0 Å². The highest BCUT2D eigenvalue weighted by molar-refractivity contribution is 6.56. The molecular weight excluding hydrogens is 315 g/mol. The van der Waals surface area contributed by atoms with Gasteiger partial charge in [-0.25, -0.2) is 0 Å². The molecule has 2 rings (SSSR count). The molecule has 0 nitrogen and oxygen atoms in total. The molecule has 0 aromatic heterocycles. The molecule has 0 bridgehead atoms. The third kappa shape index (κ3) is 2.73. The predicted molar refractivity (Wildman–Crippen MR) is 98.7 cm³/mol. The van der Waals surface area contributed by atoms with Gasteiger partial charge in [-0.2, -0.15) is 0 Å². The highest BCUT2D eigenvalue weighted by Gasteiger charge is 2.37. The lowest BCUT2D eigenvalue weighted by Gasteiger charge is -2.25. The van der Waals surface area contributed by atoms with Gasteiger partial charge < -0.3 is 0 Å². The molecular formula is C18H26Cl2Si. The van der Waals surface area contributed by atoms with Crippen molar-refractivity contribution >= 4 is 32.7 Å². The summed E-state index contributed by atoms with van der Waals surface area (Å²) in [5.41, 5.74) is 5.70.